The van der Waals surface area contributed by atoms with E-state index in [4.69, 9.17) is 5.14 Å². The third kappa shape index (κ3) is 4.97. The van der Waals surface area contributed by atoms with Crippen molar-refractivity contribution in [3.8, 4) is 0 Å². The van der Waals surface area contributed by atoms with Crippen LogP contribution in [0.3, 0.4) is 0 Å². The first-order chi connectivity index (χ1) is 12.2. The zero-order valence-corrected chi connectivity index (χ0v) is 16.8. The molecule has 0 bridgehead atoms. The summed E-state index contributed by atoms with van der Waals surface area (Å²) in [6, 6.07) is 6.80. The first-order valence-electron chi connectivity index (χ1n) is 6.79. The number of amides is 1. The highest BCUT2D eigenvalue weighted by atomic mass is 127. The van der Waals surface area contributed by atoms with Gasteiger partial charge in [0.1, 0.15) is 9.79 Å². The van der Waals surface area contributed by atoms with Crippen molar-refractivity contribution in [3.05, 3.63) is 57.2 Å². The van der Waals surface area contributed by atoms with Crippen LogP contribution in [0.25, 0.3) is 0 Å². The van der Waals surface area contributed by atoms with Gasteiger partial charge in [-0.05, 0) is 52.9 Å². The van der Waals surface area contributed by atoms with Crippen LogP contribution in [-0.2, 0) is 26.2 Å². The van der Waals surface area contributed by atoms with Crippen LogP contribution in [0.4, 0.5) is 13.2 Å². The van der Waals surface area contributed by atoms with E-state index < -0.39 is 53.0 Å². The van der Waals surface area contributed by atoms with E-state index in [-0.39, 0.29) is 3.57 Å². The number of carbonyl (C=O) groups excluding carboxylic acids is 1. The Bertz CT molecular complexity index is 1120. The SMILES string of the molecule is NS(=O)(=O)c1ccccc1S(=O)(=O)NC(=O)c1ccc(I)cc1C(F)(F)F. The van der Waals surface area contributed by atoms with Crippen LogP contribution in [0, 0.1) is 3.57 Å². The summed E-state index contributed by atoms with van der Waals surface area (Å²) in [5.41, 5.74) is -2.26. The summed E-state index contributed by atoms with van der Waals surface area (Å²) in [7, 11) is -9.29. The minimum absolute atomic E-state index is 0.180. The van der Waals surface area contributed by atoms with Gasteiger partial charge in [0.2, 0.25) is 10.0 Å². The molecule has 2 aromatic carbocycles. The third-order valence-electron chi connectivity index (χ3n) is 3.20. The highest BCUT2D eigenvalue weighted by Crippen LogP contribution is 2.33. The molecule has 0 unspecified atom stereocenters. The van der Waals surface area contributed by atoms with Gasteiger partial charge in [-0.25, -0.2) is 26.7 Å². The highest BCUT2D eigenvalue weighted by molar-refractivity contribution is 14.1. The van der Waals surface area contributed by atoms with Crippen LogP contribution < -0.4 is 9.86 Å². The monoisotopic (exact) mass is 534 g/mol. The molecule has 0 heterocycles. The van der Waals surface area contributed by atoms with Crippen molar-refractivity contribution in [2.75, 3.05) is 0 Å². The molecule has 1 amide bonds. The maximum absolute atomic E-state index is 13.1. The molecule has 3 N–H and O–H groups in total. The van der Waals surface area contributed by atoms with Crippen LogP contribution in [0.15, 0.2) is 52.3 Å². The number of benzene rings is 2. The first kappa shape index (κ1) is 21.6. The molecule has 2 rings (SSSR count). The lowest BCUT2D eigenvalue weighted by atomic mass is 10.1. The summed E-state index contributed by atoms with van der Waals surface area (Å²) in [5, 5.41) is 4.94. The zero-order chi connectivity index (χ0) is 20.6. The number of carbonyl (C=O) groups is 1. The Morgan fingerprint density at radius 3 is 2.07 bits per heavy atom. The van der Waals surface area contributed by atoms with Gasteiger partial charge < -0.3 is 0 Å². The molecule has 0 atom stereocenters. The van der Waals surface area contributed by atoms with Crippen molar-refractivity contribution in [1.82, 2.24) is 4.72 Å². The smallest absolute Gasteiger partial charge is 0.268 e. The van der Waals surface area contributed by atoms with Crippen molar-refractivity contribution in [3.63, 3.8) is 0 Å². The number of hydrogen-bond donors (Lipinski definition) is 2. The summed E-state index contributed by atoms with van der Waals surface area (Å²) in [4.78, 5) is 10.5. The molecule has 0 aliphatic rings. The van der Waals surface area contributed by atoms with Crippen LogP contribution >= 0.6 is 22.6 Å². The van der Waals surface area contributed by atoms with Gasteiger partial charge >= 0.3 is 6.18 Å². The van der Waals surface area contributed by atoms with E-state index in [9.17, 15) is 34.8 Å². The molecule has 0 fully saturated rings. The molecule has 27 heavy (non-hydrogen) atoms. The Balaban J connectivity index is 2.52. The van der Waals surface area contributed by atoms with E-state index in [1.165, 1.54) is 22.9 Å². The molecular weight excluding hydrogens is 524 g/mol. The van der Waals surface area contributed by atoms with Gasteiger partial charge in [0.15, 0.2) is 0 Å². The quantitative estimate of drug-likeness (QED) is 0.582. The number of rotatable bonds is 4. The van der Waals surface area contributed by atoms with E-state index >= 15 is 0 Å². The van der Waals surface area contributed by atoms with E-state index in [2.05, 4.69) is 0 Å². The number of alkyl halides is 3. The topological polar surface area (TPSA) is 123 Å². The summed E-state index contributed by atoms with van der Waals surface area (Å²) in [6.07, 6.45) is -4.91. The molecule has 13 heteroatoms. The molecule has 0 aromatic heterocycles. The Morgan fingerprint density at radius 2 is 1.56 bits per heavy atom. The Labute approximate surface area is 166 Å². The van der Waals surface area contributed by atoms with Crippen molar-refractivity contribution in [2.45, 2.75) is 16.0 Å². The van der Waals surface area contributed by atoms with Crippen molar-refractivity contribution >= 4 is 48.5 Å². The lowest BCUT2D eigenvalue weighted by molar-refractivity contribution is -0.138. The summed E-state index contributed by atoms with van der Waals surface area (Å²) in [5.74, 6) is -1.57. The second-order valence-electron chi connectivity index (χ2n) is 5.11. The predicted molar refractivity (Wildman–Crippen MR) is 96.6 cm³/mol. The van der Waals surface area contributed by atoms with Gasteiger partial charge in [-0.3, -0.25) is 4.79 Å². The van der Waals surface area contributed by atoms with Gasteiger partial charge in [0.05, 0.1) is 11.1 Å². The fourth-order valence-corrected chi connectivity index (χ4v) is 4.93. The maximum Gasteiger partial charge on any atom is 0.417 e. The Morgan fingerprint density at radius 1 is 1.00 bits per heavy atom. The molecule has 0 saturated carbocycles. The number of primary sulfonamides is 1. The third-order valence-corrected chi connectivity index (χ3v) is 6.36. The average molecular weight is 534 g/mol. The first-order valence-corrected chi connectivity index (χ1v) is 10.9. The highest BCUT2D eigenvalue weighted by Gasteiger charge is 2.36. The van der Waals surface area contributed by atoms with Crippen LogP contribution in [0.5, 0.6) is 0 Å². The second kappa shape index (κ2) is 7.37. The van der Waals surface area contributed by atoms with Crippen LogP contribution in [-0.4, -0.2) is 22.7 Å². The van der Waals surface area contributed by atoms with E-state index in [0.717, 1.165) is 18.2 Å². The van der Waals surface area contributed by atoms with E-state index in [0.29, 0.717) is 6.07 Å². The fourth-order valence-electron chi connectivity index (χ4n) is 2.09. The second-order valence-corrected chi connectivity index (χ2v) is 9.54. The standard InChI is InChI=1S/C14H10F3IN2O5S2/c15-14(16,17)10-7-8(18)5-6-9(10)13(21)20-27(24,25)12-4-2-1-3-11(12)26(19,22)23/h1-7H,(H,20,21)(H2,19,22,23). The number of hydrogen-bond acceptors (Lipinski definition) is 5. The normalized spacial score (nSPS) is 12.6. The van der Waals surface area contributed by atoms with E-state index in [1.54, 1.807) is 22.6 Å². The summed E-state index contributed by atoms with van der Waals surface area (Å²) >= 11 is 1.61. The molecular formula is C14H10F3IN2O5S2. The molecule has 0 aliphatic heterocycles. The number of sulfonamides is 2. The van der Waals surface area contributed by atoms with Crippen molar-refractivity contribution < 1.29 is 34.8 Å². The predicted octanol–water partition coefficient (Wildman–Crippen LogP) is 2.08. The molecule has 7 nitrogen and oxygen atoms in total. The largest absolute Gasteiger partial charge is 0.417 e. The number of halogens is 4. The van der Waals surface area contributed by atoms with E-state index in [1.807, 2.05) is 0 Å². The molecule has 0 aliphatic carbocycles. The van der Waals surface area contributed by atoms with Gasteiger partial charge in [-0.15, -0.1) is 0 Å². The van der Waals surface area contributed by atoms with Gasteiger partial charge in [0, 0.05) is 3.57 Å². The Hall–Kier alpha value is -1.71. The number of nitrogens with two attached hydrogens (primary N) is 1. The van der Waals surface area contributed by atoms with Gasteiger partial charge in [-0.2, -0.15) is 13.2 Å². The molecule has 0 radical (unpaired) electrons. The van der Waals surface area contributed by atoms with Gasteiger partial charge in [-0.1, -0.05) is 12.1 Å². The Kier molecular flexibility index (Phi) is 5.89. The average Bonchev–Trinajstić information content (AvgIpc) is 2.52. The number of nitrogens with one attached hydrogen (secondary N) is 1. The van der Waals surface area contributed by atoms with Crippen LogP contribution in [0.2, 0.25) is 0 Å². The van der Waals surface area contributed by atoms with Crippen molar-refractivity contribution in [1.29, 1.82) is 0 Å². The zero-order valence-electron chi connectivity index (χ0n) is 13.0. The lowest BCUT2D eigenvalue weighted by Gasteiger charge is -2.14. The fraction of sp³-hybridized carbons (Fsp3) is 0.0714. The molecule has 0 saturated heterocycles. The van der Waals surface area contributed by atoms with Crippen LogP contribution in [0.1, 0.15) is 15.9 Å². The minimum Gasteiger partial charge on any atom is -0.268 e. The summed E-state index contributed by atoms with van der Waals surface area (Å²) < 4.78 is 88.8. The summed E-state index contributed by atoms with van der Waals surface area (Å²) in [6.45, 7) is 0. The van der Waals surface area contributed by atoms with Crippen molar-refractivity contribution in [2.24, 2.45) is 5.14 Å². The maximum atomic E-state index is 13.1. The van der Waals surface area contributed by atoms with Gasteiger partial charge in [0.25, 0.3) is 15.9 Å². The molecule has 2 aromatic rings. The molecule has 146 valence electrons. The minimum atomic E-state index is -4.91. The molecule has 0 spiro atoms. The lowest BCUT2D eigenvalue weighted by Crippen LogP contribution is -2.33.